The summed E-state index contributed by atoms with van der Waals surface area (Å²) in [5.41, 5.74) is 3.35. The van der Waals surface area contributed by atoms with Crippen molar-refractivity contribution in [2.45, 2.75) is 44.2 Å². The van der Waals surface area contributed by atoms with Gasteiger partial charge in [-0.3, -0.25) is 4.79 Å². The maximum atomic E-state index is 11.0. The predicted molar refractivity (Wildman–Crippen MR) is 79.2 cm³/mol. The number of carboxylic acid groups (broad SMARTS) is 1. The van der Waals surface area contributed by atoms with E-state index in [4.69, 9.17) is 10.2 Å². The second kappa shape index (κ2) is 7.54. The van der Waals surface area contributed by atoms with Crippen LogP contribution in [-0.2, 0) is 17.6 Å². The number of fused-ring (bicyclic) bond motifs is 1. The third-order valence-electron chi connectivity index (χ3n) is 3.98. The molecular weight excluding hydrogens is 270 g/mol. The number of benzene rings is 1. The fourth-order valence-electron chi connectivity index (χ4n) is 2.86. The molecule has 1 aliphatic carbocycles. The molecule has 5 heteroatoms. The second-order valence-electron chi connectivity index (χ2n) is 5.56. The molecule has 2 unspecified atom stereocenters. The highest BCUT2D eigenvalue weighted by Gasteiger charge is 2.24. The molecule has 0 bridgehead atoms. The first-order valence-corrected chi connectivity index (χ1v) is 7.47. The molecule has 0 spiro atoms. The van der Waals surface area contributed by atoms with Gasteiger partial charge < -0.3 is 20.6 Å². The van der Waals surface area contributed by atoms with Crippen molar-refractivity contribution in [2.75, 3.05) is 13.2 Å². The number of aliphatic hydroxyl groups is 2. The molecule has 0 saturated carbocycles. The van der Waals surface area contributed by atoms with Gasteiger partial charge in [-0.05, 0) is 48.9 Å². The summed E-state index contributed by atoms with van der Waals surface area (Å²) < 4.78 is 0. The van der Waals surface area contributed by atoms with Crippen LogP contribution in [0.5, 0.6) is 0 Å². The Balaban J connectivity index is 2.08. The van der Waals surface area contributed by atoms with E-state index in [2.05, 4.69) is 5.32 Å². The number of carboxylic acids is 1. The van der Waals surface area contributed by atoms with E-state index in [-0.39, 0.29) is 13.0 Å². The van der Waals surface area contributed by atoms with Gasteiger partial charge in [-0.1, -0.05) is 18.2 Å². The summed E-state index contributed by atoms with van der Waals surface area (Å²) in [6, 6.07) is 5.37. The van der Waals surface area contributed by atoms with Crippen LogP contribution in [0.15, 0.2) is 18.2 Å². The summed E-state index contributed by atoms with van der Waals surface area (Å²) in [5, 5.41) is 31.3. The Labute approximate surface area is 124 Å². The molecule has 1 aliphatic rings. The highest BCUT2D eigenvalue weighted by Crippen LogP contribution is 2.27. The molecule has 1 aromatic carbocycles. The van der Waals surface area contributed by atoms with Crippen molar-refractivity contribution in [3.05, 3.63) is 34.9 Å². The minimum atomic E-state index is -0.947. The summed E-state index contributed by atoms with van der Waals surface area (Å²) in [6.07, 6.45) is 2.78. The molecule has 1 aromatic rings. The average molecular weight is 293 g/mol. The summed E-state index contributed by atoms with van der Waals surface area (Å²) in [6.45, 7) is 0.526. The Kier molecular flexibility index (Phi) is 5.73. The highest BCUT2D eigenvalue weighted by atomic mass is 16.4. The van der Waals surface area contributed by atoms with E-state index >= 15 is 0 Å². The van der Waals surface area contributed by atoms with Crippen molar-refractivity contribution < 1.29 is 20.1 Å². The molecule has 0 aromatic heterocycles. The molecule has 21 heavy (non-hydrogen) atoms. The lowest BCUT2D eigenvalue weighted by Gasteiger charge is -2.23. The van der Waals surface area contributed by atoms with E-state index in [1.54, 1.807) is 0 Å². The standard InChI is InChI=1S/C16H23NO4/c18-8-2-7-17-14(10-15(19)20)16(21)13-6-5-11-3-1-4-12(11)9-13/h5-6,9,14,16-18,21H,1-4,7-8,10H2,(H,19,20). The van der Waals surface area contributed by atoms with Crippen molar-refractivity contribution >= 4 is 5.97 Å². The van der Waals surface area contributed by atoms with Crippen LogP contribution in [-0.4, -0.2) is 40.5 Å². The van der Waals surface area contributed by atoms with Crippen LogP contribution in [0.2, 0.25) is 0 Å². The number of hydrogen-bond acceptors (Lipinski definition) is 4. The van der Waals surface area contributed by atoms with Gasteiger partial charge in [0.25, 0.3) is 0 Å². The summed E-state index contributed by atoms with van der Waals surface area (Å²) >= 11 is 0. The van der Waals surface area contributed by atoms with Crippen molar-refractivity contribution in [3.63, 3.8) is 0 Å². The van der Waals surface area contributed by atoms with Crippen LogP contribution in [0.3, 0.4) is 0 Å². The van der Waals surface area contributed by atoms with Crippen LogP contribution in [0, 0.1) is 0 Å². The Bertz CT molecular complexity index is 489. The van der Waals surface area contributed by atoms with Gasteiger partial charge in [0, 0.05) is 12.6 Å². The minimum Gasteiger partial charge on any atom is -0.481 e. The zero-order valence-corrected chi connectivity index (χ0v) is 12.1. The van der Waals surface area contributed by atoms with Crippen LogP contribution < -0.4 is 5.32 Å². The monoisotopic (exact) mass is 293 g/mol. The number of aliphatic carboxylic acids is 1. The van der Waals surface area contributed by atoms with Crippen molar-refractivity contribution in [2.24, 2.45) is 0 Å². The molecule has 0 radical (unpaired) electrons. The van der Waals surface area contributed by atoms with Crippen molar-refractivity contribution in [3.8, 4) is 0 Å². The lowest BCUT2D eigenvalue weighted by atomic mass is 9.96. The largest absolute Gasteiger partial charge is 0.481 e. The summed E-state index contributed by atoms with van der Waals surface area (Å²) in [7, 11) is 0. The Morgan fingerprint density at radius 3 is 2.76 bits per heavy atom. The SMILES string of the molecule is O=C(O)CC(NCCCO)C(O)c1ccc2c(c1)CCC2. The number of rotatable bonds is 8. The Morgan fingerprint density at radius 1 is 1.29 bits per heavy atom. The van der Waals surface area contributed by atoms with E-state index in [9.17, 15) is 9.90 Å². The highest BCUT2D eigenvalue weighted by molar-refractivity contribution is 5.67. The second-order valence-corrected chi connectivity index (χ2v) is 5.56. The van der Waals surface area contributed by atoms with Gasteiger partial charge in [0.05, 0.1) is 12.5 Å². The normalized spacial score (nSPS) is 16.5. The zero-order valence-electron chi connectivity index (χ0n) is 12.1. The molecule has 0 amide bonds. The topological polar surface area (TPSA) is 89.8 Å². The van der Waals surface area contributed by atoms with Crippen molar-refractivity contribution in [1.82, 2.24) is 5.32 Å². The number of hydrogen-bond donors (Lipinski definition) is 4. The summed E-state index contributed by atoms with van der Waals surface area (Å²) in [4.78, 5) is 11.0. The first-order valence-electron chi connectivity index (χ1n) is 7.47. The van der Waals surface area contributed by atoms with Gasteiger partial charge in [0.15, 0.2) is 0 Å². The third kappa shape index (κ3) is 4.27. The molecule has 0 aliphatic heterocycles. The summed E-state index contributed by atoms with van der Waals surface area (Å²) in [5.74, 6) is -0.947. The molecule has 2 atom stereocenters. The Morgan fingerprint density at radius 2 is 2.05 bits per heavy atom. The molecule has 116 valence electrons. The van der Waals surface area contributed by atoms with E-state index in [0.717, 1.165) is 24.8 Å². The van der Waals surface area contributed by atoms with Gasteiger partial charge in [-0.15, -0.1) is 0 Å². The quantitative estimate of drug-likeness (QED) is 0.537. The predicted octanol–water partition coefficient (Wildman–Crippen LogP) is 1.02. The lowest BCUT2D eigenvalue weighted by molar-refractivity contribution is -0.138. The van der Waals surface area contributed by atoms with Gasteiger partial charge in [0.1, 0.15) is 0 Å². The molecule has 0 heterocycles. The maximum Gasteiger partial charge on any atom is 0.305 e. The first kappa shape index (κ1) is 15.9. The minimum absolute atomic E-state index is 0.0434. The van der Waals surface area contributed by atoms with Gasteiger partial charge in [0.2, 0.25) is 0 Å². The molecule has 4 N–H and O–H groups in total. The van der Waals surface area contributed by atoms with E-state index < -0.39 is 18.1 Å². The average Bonchev–Trinajstić information content (AvgIpc) is 2.92. The van der Waals surface area contributed by atoms with Gasteiger partial charge in [-0.2, -0.15) is 0 Å². The lowest BCUT2D eigenvalue weighted by Crippen LogP contribution is -2.37. The fourth-order valence-corrected chi connectivity index (χ4v) is 2.86. The number of carbonyl (C=O) groups is 1. The molecular formula is C16H23NO4. The first-order chi connectivity index (χ1) is 10.1. The Hall–Kier alpha value is -1.43. The number of aliphatic hydroxyl groups excluding tert-OH is 2. The van der Waals surface area contributed by atoms with E-state index in [0.29, 0.717) is 13.0 Å². The zero-order chi connectivity index (χ0) is 15.2. The van der Waals surface area contributed by atoms with Gasteiger partial charge >= 0.3 is 5.97 Å². The number of aryl methyl sites for hydroxylation is 2. The molecule has 0 fully saturated rings. The maximum absolute atomic E-state index is 11.0. The molecule has 0 saturated heterocycles. The molecule has 2 rings (SSSR count). The van der Waals surface area contributed by atoms with Crippen LogP contribution in [0.25, 0.3) is 0 Å². The van der Waals surface area contributed by atoms with E-state index in [1.165, 1.54) is 11.1 Å². The van der Waals surface area contributed by atoms with Crippen molar-refractivity contribution in [1.29, 1.82) is 0 Å². The van der Waals surface area contributed by atoms with Crippen LogP contribution >= 0.6 is 0 Å². The van der Waals surface area contributed by atoms with Crippen LogP contribution in [0.4, 0.5) is 0 Å². The van der Waals surface area contributed by atoms with E-state index in [1.807, 2.05) is 18.2 Å². The smallest absolute Gasteiger partial charge is 0.305 e. The number of nitrogens with one attached hydrogen (secondary N) is 1. The third-order valence-corrected chi connectivity index (χ3v) is 3.98. The molecule has 5 nitrogen and oxygen atoms in total. The fraction of sp³-hybridized carbons (Fsp3) is 0.562. The van der Waals surface area contributed by atoms with Crippen LogP contribution in [0.1, 0.15) is 42.1 Å². The van der Waals surface area contributed by atoms with Gasteiger partial charge in [-0.25, -0.2) is 0 Å².